The summed E-state index contributed by atoms with van der Waals surface area (Å²) in [7, 11) is -3.97. The van der Waals surface area contributed by atoms with Crippen LogP contribution in [0.1, 0.15) is 34.1 Å². The highest BCUT2D eigenvalue weighted by Crippen LogP contribution is 2.45. The maximum atomic E-state index is 13.4. The molecule has 3 rings (SSSR count). The molecule has 27 heavy (non-hydrogen) atoms. The Kier molecular flexibility index (Phi) is 4.55. The van der Waals surface area contributed by atoms with Crippen LogP contribution in [0.15, 0.2) is 51.1 Å². The largest absolute Gasteiger partial charge is 0.440 e. The number of hydrogen-bond acceptors (Lipinski definition) is 6. The number of aromatic nitrogens is 1. The van der Waals surface area contributed by atoms with Crippen molar-refractivity contribution in [2.75, 3.05) is 0 Å². The SMILES string of the molecule is C=CC(=O)NC1CC(C)(C)N(S(=O)(=O)c2ccc(-c3ccno3)o2)C1(C)C. The van der Waals surface area contributed by atoms with Crippen molar-refractivity contribution in [1.29, 1.82) is 0 Å². The third kappa shape index (κ3) is 3.21. The van der Waals surface area contributed by atoms with E-state index in [2.05, 4.69) is 17.1 Å². The molecule has 0 aromatic carbocycles. The Morgan fingerprint density at radius 2 is 2.00 bits per heavy atom. The van der Waals surface area contributed by atoms with E-state index in [0.717, 1.165) is 0 Å². The number of hydrogen-bond donors (Lipinski definition) is 1. The predicted molar refractivity (Wildman–Crippen MR) is 98.1 cm³/mol. The second-order valence-electron chi connectivity index (χ2n) is 7.70. The van der Waals surface area contributed by atoms with Crippen LogP contribution in [0, 0.1) is 0 Å². The van der Waals surface area contributed by atoms with Crippen LogP contribution in [0.5, 0.6) is 0 Å². The van der Waals surface area contributed by atoms with Crippen molar-refractivity contribution >= 4 is 15.9 Å². The van der Waals surface area contributed by atoms with Crippen molar-refractivity contribution in [1.82, 2.24) is 14.8 Å². The lowest BCUT2D eigenvalue weighted by Gasteiger charge is -2.39. The molecule has 1 N–H and O–H groups in total. The summed E-state index contributed by atoms with van der Waals surface area (Å²) in [5, 5.41) is 6.25. The lowest BCUT2D eigenvalue weighted by molar-refractivity contribution is -0.117. The van der Waals surface area contributed by atoms with Crippen molar-refractivity contribution in [3.8, 4) is 11.5 Å². The number of furan rings is 1. The molecule has 1 aliphatic rings. The van der Waals surface area contributed by atoms with E-state index in [1.165, 1.54) is 28.7 Å². The molecule has 146 valence electrons. The van der Waals surface area contributed by atoms with Crippen LogP contribution in [0.25, 0.3) is 11.5 Å². The molecule has 1 unspecified atom stereocenters. The molecule has 1 amide bonds. The maximum absolute atomic E-state index is 13.4. The fourth-order valence-electron chi connectivity index (χ4n) is 3.87. The molecule has 0 radical (unpaired) electrons. The normalized spacial score (nSPS) is 21.9. The molecule has 8 nitrogen and oxygen atoms in total. The first-order chi connectivity index (χ1) is 12.5. The Balaban J connectivity index is 2.00. The van der Waals surface area contributed by atoms with E-state index < -0.39 is 21.1 Å². The lowest BCUT2D eigenvalue weighted by Crippen LogP contribution is -2.56. The lowest BCUT2D eigenvalue weighted by atomic mass is 9.94. The highest BCUT2D eigenvalue weighted by atomic mass is 32.2. The monoisotopic (exact) mass is 393 g/mol. The molecule has 0 saturated carbocycles. The van der Waals surface area contributed by atoms with Gasteiger partial charge in [-0.3, -0.25) is 4.79 Å². The summed E-state index contributed by atoms with van der Waals surface area (Å²) in [6.07, 6.45) is 3.08. The molecule has 1 fully saturated rings. The summed E-state index contributed by atoms with van der Waals surface area (Å²) in [6, 6.07) is 4.13. The molecule has 2 aromatic rings. The van der Waals surface area contributed by atoms with Gasteiger partial charge in [0.2, 0.25) is 16.8 Å². The van der Waals surface area contributed by atoms with Crippen LogP contribution < -0.4 is 5.32 Å². The summed E-state index contributed by atoms with van der Waals surface area (Å²) in [4.78, 5) is 11.8. The Labute approximate surface area is 158 Å². The van der Waals surface area contributed by atoms with Gasteiger partial charge in [0.25, 0.3) is 10.0 Å². The number of nitrogens with one attached hydrogen (secondary N) is 1. The number of rotatable bonds is 5. The quantitative estimate of drug-likeness (QED) is 0.783. The van der Waals surface area contributed by atoms with Crippen LogP contribution in [-0.2, 0) is 14.8 Å². The molecular formula is C18H23N3O5S. The minimum absolute atomic E-state index is 0.189. The Morgan fingerprint density at radius 1 is 1.30 bits per heavy atom. The van der Waals surface area contributed by atoms with Gasteiger partial charge in [-0.15, -0.1) is 0 Å². The van der Waals surface area contributed by atoms with Crippen LogP contribution in [-0.4, -0.2) is 40.9 Å². The van der Waals surface area contributed by atoms with Gasteiger partial charge in [0.1, 0.15) is 0 Å². The number of nitrogens with zero attached hydrogens (tertiary/aromatic N) is 2. The second-order valence-corrected chi connectivity index (χ2v) is 9.42. The van der Waals surface area contributed by atoms with Crippen molar-refractivity contribution < 1.29 is 22.2 Å². The molecule has 1 aliphatic heterocycles. The molecule has 0 aliphatic carbocycles. The van der Waals surface area contributed by atoms with Gasteiger partial charge in [-0.05, 0) is 52.3 Å². The highest BCUT2D eigenvalue weighted by molar-refractivity contribution is 7.89. The van der Waals surface area contributed by atoms with E-state index >= 15 is 0 Å². The smallest absolute Gasteiger partial charge is 0.277 e. The zero-order chi connectivity index (χ0) is 20.0. The van der Waals surface area contributed by atoms with Gasteiger partial charge < -0.3 is 14.3 Å². The third-order valence-electron chi connectivity index (χ3n) is 4.89. The first kappa shape index (κ1) is 19.4. The Bertz CT molecular complexity index is 957. The first-order valence-electron chi connectivity index (χ1n) is 8.49. The average molecular weight is 393 g/mol. The zero-order valence-electron chi connectivity index (χ0n) is 15.7. The van der Waals surface area contributed by atoms with Gasteiger partial charge >= 0.3 is 0 Å². The van der Waals surface area contributed by atoms with E-state index in [0.29, 0.717) is 12.2 Å². The molecule has 1 saturated heterocycles. The van der Waals surface area contributed by atoms with Crippen molar-refractivity contribution in [3.05, 3.63) is 37.1 Å². The zero-order valence-corrected chi connectivity index (χ0v) is 16.5. The molecule has 0 spiro atoms. The third-order valence-corrected chi connectivity index (χ3v) is 7.06. The summed E-state index contributed by atoms with van der Waals surface area (Å²) in [6.45, 7) is 10.7. The topological polar surface area (TPSA) is 106 Å². The van der Waals surface area contributed by atoms with E-state index in [-0.39, 0.29) is 22.8 Å². The Hall–Kier alpha value is -2.39. The average Bonchev–Trinajstić information content (AvgIpc) is 3.26. The molecule has 3 heterocycles. The van der Waals surface area contributed by atoms with Gasteiger partial charge in [-0.2, -0.15) is 4.31 Å². The van der Waals surface area contributed by atoms with Gasteiger partial charge in [-0.1, -0.05) is 11.7 Å². The van der Waals surface area contributed by atoms with Crippen LogP contribution >= 0.6 is 0 Å². The minimum atomic E-state index is -3.97. The van der Waals surface area contributed by atoms with Crippen LogP contribution in [0.3, 0.4) is 0 Å². The van der Waals surface area contributed by atoms with Gasteiger partial charge in [-0.25, -0.2) is 8.42 Å². The fraction of sp³-hybridized carbons (Fsp3) is 0.444. The summed E-state index contributed by atoms with van der Waals surface area (Å²) in [5.74, 6) is 0.277. The molecule has 2 aromatic heterocycles. The number of sulfonamides is 1. The van der Waals surface area contributed by atoms with Crippen molar-refractivity contribution in [3.63, 3.8) is 0 Å². The van der Waals surface area contributed by atoms with Crippen molar-refractivity contribution in [2.45, 2.75) is 56.3 Å². The molecule has 9 heteroatoms. The van der Waals surface area contributed by atoms with E-state index in [1.807, 2.05) is 13.8 Å². The number of carbonyl (C=O) groups is 1. The molecule has 1 atom stereocenters. The fourth-order valence-corrected chi connectivity index (χ4v) is 5.96. The standard InChI is InChI=1S/C18H23N3O5S/c1-6-15(22)20-14-11-17(2,3)21(18(14,4)5)27(23,24)16-8-7-12(25-16)13-9-10-19-26-13/h6-10,14H,1,11H2,2-5H3,(H,20,22). The van der Waals surface area contributed by atoms with Crippen LogP contribution in [0.4, 0.5) is 0 Å². The Morgan fingerprint density at radius 3 is 2.59 bits per heavy atom. The van der Waals surface area contributed by atoms with E-state index in [4.69, 9.17) is 8.94 Å². The van der Waals surface area contributed by atoms with E-state index in [1.54, 1.807) is 19.9 Å². The van der Waals surface area contributed by atoms with Gasteiger partial charge in [0.05, 0.1) is 11.7 Å². The van der Waals surface area contributed by atoms with Crippen molar-refractivity contribution in [2.24, 2.45) is 0 Å². The minimum Gasteiger partial charge on any atom is -0.440 e. The number of carbonyl (C=O) groups excluding carboxylic acids is 1. The summed E-state index contributed by atoms with van der Waals surface area (Å²) >= 11 is 0. The van der Waals surface area contributed by atoms with Gasteiger partial charge in [0.15, 0.2) is 5.76 Å². The van der Waals surface area contributed by atoms with Crippen LogP contribution in [0.2, 0.25) is 0 Å². The second kappa shape index (κ2) is 6.35. The number of amides is 1. The van der Waals surface area contributed by atoms with E-state index in [9.17, 15) is 13.2 Å². The van der Waals surface area contributed by atoms with Gasteiger partial charge in [0, 0.05) is 17.6 Å². The summed E-state index contributed by atoms with van der Waals surface area (Å²) < 4.78 is 38.8. The molecule has 0 bridgehead atoms. The maximum Gasteiger partial charge on any atom is 0.277 e. The highest BCUT2D eigenvalue weighted by Gasteiger charge is 2.58. The predicted octanol–water partition coefficient (Wildman–Crippen LogP) is 2.56. The summed E-state index contributed by atoms with van der Waals surface area (Å²) in [5.41, 5.74) is -1.61. The molecular weight excluding hydrogens is 370 g/mol. The first-order valence-corrected chi connectivity index (χ1v) is 9.93.